The summed E-state index contributed by atoms with van der Waals surface area (Å²) >= 11 is 5.76. The first kappa shape index (κ1) is 10.6. The number of hydrogen-bond donors (Lipinski definition) is 2. The van der Waals surface area contributed by atoms with Crippen LogP contribution in [0.4, 0.5) is 5.95 Å². The van der Waals surface area contributed by atoms with Crippen LogP contribution in [0.25, 0.3) is 0 Å². The summed E-state index contributed by atoms with van der Waals surface area (Å²) in [6.45, 7) is 3.13. The fourth-order valence-corrected chi connectivity index (χ4v) is 1.89. The van der Waals surface area contributed by atoms with Gasteiger partial charge in [0.2, 0.25) is 5.95 Å². The molecule has 1 atom stereocenters. The smallest absolute Gasteiger partial charge is 0.224 e. The lowest BCUT2D eigenvalue weighted by atomic mass is 10.00. The predicted octanol–water partition coefficient (Wildman–Crippen LogP) is 1.54. The van der Waals surface area contributed by atoms with Gasteiger partial charge in [0.1, 0.15) is 5.15 Å². The van der Waals surface area contributed by atoms with Crippen molar-refractivity contribution < 1.29 is 0 Å². The number of halogens is 1. The second kappa shape index (κ2) is 5.28. The van der Waals surface area contributed by atoms with E-state index in [1.807, 2.05) is 0 Å². The third kappa shape index (κ3) is 3.32. The monoisotopic (exact) mass is 226 g/mol. The highest BCUT2D eigenvalue weighted by Gasteiger charge is 2.12. The Morgan fingerprint density at radius 2 is 2.53 bits per heavy atom. The summed E-state index contributed by atoms with van der Waals surface area (Å²) in [5, 5.41) is 7.06. The SMILES string of the molecule is Clc1ccnc(NCC2CCCNC2)n1. The maximum absolute atomic E-state index is 5.76. The molecule has 0 spiro atoms. The molecule has 5 heteroatoms. The molecule has 2 heterocycles. The fraction of sp³-hybridized carbons (Fsp3) is 0.600. The molecule has 15 heavy (non-hydrogen) atoms. The highest BCUT2D eigenvalue weighted by Crippen LogP contribution is 2.11. The van der Waals surface area contributed by atoms with Crippen LogP contribution in [0.15, 0.2) is 12.3 Å². The van der Waals surface area contributed by atoms with Gasteiger partial charge in [0.25, 0.3) is 0 Å². The van der Waals surface area contributed by atoms with Crippen molar-refractivity contribution in [1.29, 1.82) is 0 Å². The molecule has 1 fully saturated rings. The number of hydrogen-bond acceptors (Lipinski definition) is 4. The van der Waals surface area contributed by atoms with E-state index in [0.29, 0.717) is 17.0 Å². The quantitative estimate of drug-likeness (QED) is 0.768. The normalized spacial score (nSPS) is 21.3. The summed E-state index contributed by atoms with van der Waals surface area (Å²) < 4.78 is 0. The molecule has 4 nitrogen and oxygen atoms in total. The van der Waals surface area contributed by atoms with Crippen LogP contribution in [0.5, 0.6) is 0 Å². The summed E-state index contributed by atoms with van der Waals surface area (Å²) in [5.74, 6) is 1.29. The number of nitrogens with one attached hydrogen (secondary N) is 2. The third-order valence-corrected chi connectivity index (χ3v) is 2.78. The van der Waals surface area contributed by atoms with Crippen LogP contribution >= 0.6 is 11.6 Å². The van der Waals surface area contributed by atoms with E-state index in [2.05, 4.69) is 20.6 Å². The number of piperidine rings is 1. The van der Waals surface area contributed by atoms with Gasteiger partial charge in [0.05, 0.1) is 0 Å². The highest BCUT2D eigenvalue weighted by molar-refractivity contribution is 6.29. The molecule has 0 bridgehead atoms. The summed E-state index contributed by atoms with van der Waals surface area (Å²) in [7, 11) is 0. The minimum Gasteiger partial charge on any atom is -0.354 e. The Bertz CT molecular complexity index is 312. The zero-order chi connectivity index (χ0) is 10.5. The minimum atomic E-state index is 0.481. The molecular formula is C10H15ClN4. The highest BCUT2D eigenvalue weighted by atomic mass is 35.5. The van der Waals surface area contributed by atoms with Crippen molar-refractivity contribution in [2.24, 2.45) is 5.92 Å². The Hall–Kier alpha value is -0.870. The van der Waals surface area contributed by atoms with E-state index in [9.17, 15) is 0 Å². The van der Waals surface area contributed by atoms with Crippen LogP contribution in [0, 0.1) is 5.92 Å². The molecule has 82 valence electrons. The summed E-state index contributed by atoms with van der Waals surface area (Å²) in [6.07, 6.45) is 4.18. The molecule has 1 aromatic rings. The predicted molar refractivity (Wildman–Crippen MR) is 61.1 cm³/mol. The first-order valence-electron chi connectivity index (χ1n) is 5.28. The fourth-order valence-electron chi connectivity index (χ4n) is 1.76. The van der Waals surface area contributed by atoms with E-state index < -0.39 is 0 Å². The van der Waals surface area contributed by atoms with Crippen LogP contribution in [0.3, 0.4) is 0 Å². The van der Waals surface area contributed by atoms with Crippen molar-refractivity contribution >= 4 is 17.5 Å². The Morgan fingerprint density at radius 3 is 3.27 bits per heavy atom. The summed E-state index contributed by atoms with van der Waals surface area (Å²) in [6, 6.07) is 1.68. The molecule has 0 amide bonds. The van der Waals surface area contributed by atoms with Gasteiger partial charge in [-0.1, -0.05) is 11.6 Å². The Labute approximate surface area is 94.5 Å². The number of rotatable bonds is 3. The zero-order valence-electron chi connectivity index (χ0n) is 8.54. The molecule has 0 aromatic carbocycles. The lowest BCUT2D eigenvalue weighted by Gasteiger charge is -2.22. The van der Waals surface area contributed by atoms with Gasteiger partial charge < -0.3 is 10.6 Å². The largest absolute Gasteiger partial charge is 0.354 e. The molecule has 1 unspecified atom stereocenters. The van der Waals surface area contributed by atoms with Crippen LogP contribution in [0.1, 0.15) is 12.8 Å². The van der Waals surface area contributed by atoms with Crippen molar-refractivity contribution in [3.8, 4) is 0 Å². The number of aromatic nitrogens is 2. The molecule has 0 aliphatic carbocycles. The average Bonchev–Trinajstić information content (AvgIpc) is 2.28. The molecule has 1 saturated heterocycles. The lowest BCUT2D eigenvalue weighted by molar-refractivity contribution is 0.392. The van der Waals surface area contributed by atoms with Gasteiger partial charge >= 0.3 is 0 Å². The maximum Gasteiger partial charge on any atom is 0.224 e. The van der Waals surface area contributed by atoms with E-state index in [0.717, 1.165) is 19.6 Å². The van der Waals surface area contributed by atoms with E-state index >= 15 is 0 Å². The maximum atomic E-state index is 5.76. The van der Waals surface area contributed by atoms with E-state index in [1.54, 1.807) is 12.3 Å². The van der Waals surface area contributed by atoms with E-state index in [4.69, 9.17) is 11.6 Å². The van der Waals surface area contributed by atoms with Crippen molar-refractivity contribution in [2.75, 3.05) is 25.0 Å². The molecule has 1 aromatic heterocycles. The summed E-state index contributed by atoms with van der Waals surface area (Å²) in [5.41, 5.74) is 0. The lowest BCUT2D eigenvalue weighted by Crippen LogP contribution is -2.33. The Balaban J connectivity index is 1.81. The topological polar surface area (TPSA) is 49.8 Å². The molecular weight excluding hydrogens is 212 g/mol. The van der Waals surface area contributed by atoms with Crippen molar-refractivity contribution in [3.05, 3.63) is 17.4 Å². The van der Waals surface area contributed by atoms with Gasteiger partial charge in [-0.05, 0) is 37.9 Å². The zero-order valence-corrected chi connectivity index (χ0v) is 9.30. The van der Waals surface area contributed by atoms with Crippen LogP contribution in [0.2, 0.25) is 5.15 Å². The number of anilines is 1. The van der Waals surface area contributed by atoms with E-state index in [1.165, 1.54) is 12.8 Å². The van der Waals surface area contributed by atoms with Crippen LogP contribution in [-0.4, -0.2) is 29.6 Å². The van der Waals surface area contributed by atoms with Gasteiger partial charge in [0, 0.05) is 12.7 Å². The molecule has 0 saturated carbocycles. The van der Waals surface area contributed by atoms with Crippen molar-refractivity contribution in [2.45, 2.75) is 12.8 Å². The second-order valence-corrected chi connectivity index (χ2v) is 4.18. The first-order chi connectivity index (χ1) is 7.34. The van der Waals surface area contributed by atoms with Gasteiger partial charge in [-0.25, -0.2) is 9.97 Å². The Morgan fingerprint density at radius 1 is 1.60 bits per heavy atom. The molecule has 2 rings (SSSR count). The summed E-state index contributed by atoms with van der Waals surface area (Å²) in [4.78, 5) is 8.18. The van der Waals surface area contributed by atoms with Crippen molar-refractivity contribution in [3.63, 3.8) is 0 Å². The minimum absolute atomic E-state index is 0.481. The van der Waals surface area contributed by atoms with Gasteiger partial charge in [-0.3, -0.25) is 0 Å². The molecule has 1 aliphatic rings. The first-order valence-corrected chi connectivity index (χ1v) is 5.65. The molecule has 1 aliphatic heterocycles. The van der Waals surface area contributed by atoms with Gasteiger partial charge in [0.15, 0.2) is 0 Å². The number of nitrogens with zero attached hydrogens (tertiary/aromatic N) is 2. The molecule has 2 N–H and O–H groups in total. The van der Waals surface area contributed by atoms with Crippen LogP contribution in [-0.2, 0) is 0 Å². The molecule has 0 radical (unpaired) electrons. The van der Waals surface area contributed by atoms with Crippen molar-refractivity contribution in [1.82, 2.24) is 15.3 Å². The third-order valence-electron chi connectivity index (χ3n) is 2.57. The standard InChI is InChI=1S/C10H15ClN4/c11-9-3-5-13-10(15-9)14-7-8-2-1-4-12-6-8/h3,5,8,12H,1-2,4,6-7H2,(H,13,14,15). The van der Waals surface area contributed by atoms with E-state index in [-0.39, 0.29) is 0 Å². The average molecular weight is 227 g/mol. The second-order valence-electron chi connectivity index (χ2n) is 3.80. The van der Waals surface area contributed by atoms with Crippen LogP contribution < -0.4 is 10.6 Å². The van der Waals surface area contributed by atoms with Gasteiger partial charge in [-0.15, -0.1) is 0 Å². The van der Waals surface area contributed by atoms with Gasteiger partial charge in [-0.2, -0.15) is 0 Å². The Kier molecular flexibility index (Phi) is 3.75.